The SMILES string of the molecule is C=CCCCCC(C=CCC(C)C)=CCCC. The van der Waals surface area contributed by atoms with E-state index >= 15 is 0 Å². The first-order chi connectivity index (χ1) is 8.20. The van der Waals surface area contributed by atoms with E-state index in [1.165, 1.54) is 44.1 Å². The normalized spacial score (nSPS) is 12.6. The Kier molecular flexibility index (Phi) is 11.2. The minimum Gasteiger partial charge on any atom is -0.103 e. The van der Waals surface area contributed by atoms with Gasteiger partial charge in [0.1, 0.15) is 0 Å². The molecule has 0 aliphatic rings. The lowest BCUT2D eigenvalue weighted by atomic mass is 10.0. The number of hydrogen-bond acceptors (Lipinski definition) is 0. The van der Waals surface area contributed by atoms with Crippen molar-refractivity contribution >= 4 is 0 Å². The second-order valence-electron chi connectivity index (χ2n) is 5.13. The molecule has 0 bridgehead atoms. The van der Waals surface area contributed by atoms with E-state index in [4.69, 9.17) is 0 Å². The van der Waals surface area contributed by atoms with Crippen LogP contribution in [0.3, 0.4) is 0 Å². The summed E-state index contributed by atoms with van der Waals surface area (Å²) in [5.74, 6) is 0.763. The third-order valence-electron chi connectivity index (χ3n) is 2.76. The lowest BCUT2D eigenvalue weighted by Gasteiger charge is -2.03. The highest BCUT2D eigenvalue weighted by Crippen LogP contribution is 2.13. The lowest BCUT2D eigenvalue weighted by molar-refractivity contribution is 0.663. The monoisotopic (exact) mass is 234 g/mol. The maximum atomic E-state index is 3.77. The largest absolute Gasteiger partial charge is 0.103 e. The maximum Gasteiger partial charge on any atom is -0.0282 e. The second-order valence-corrected chi connectivity index (χ2v) is 5.13. The summed E-state index contributed by atoms with van der Waals surface area (Å²) in [5.41, 5.74) is 1.52. The predicted octanol–water partition coefficient (Wildman–Crippen LogP) is 6.06. The number of rotatable bonds is 10. The van der Waals surface area contributed by atoms with Crippen molar-refractivity contribution in [1.82, 2.24) is 0 Å². The molecule has 0 heterocycles. The minimum atomic E-state index is 0.763. The van der Waals surface area contributed by atoms with Gasteiger partial charge in [-0.25, -0.2) is 0 Å². The summed E-state index contributed by atoms with van der Waals surface area (Å²) in [6, 6.07) is 0. The zero-order valence-electron chi connectivity index (χ0n) is 12.0. The second kappa shape index (κ2) is 11.7. The Hall–Kier alpha value is -0.780. The van der Waals surface area contributed by atoms with Crippen molar-refractivity contribution in [3.05, 3.63) is 36.5 Å². The van der Waals surface area contributed by atoms with Crippen LogP contribution in [-0.2, 0) is 0 Å². The van der Waals surface area contributed by atoms with E-state index < -0.39 is 0 Å². The van der Waals surface area contributed by atoms with Crippen LogP contribution >= 0.6 is 0 Å². The average Bonchev–Trinajstić information content (AvgIpc) is 2.30. The highest BCUT2D eigenvalue weighted by atomic mass is 14.0. The van der Waals surface area contributed by atoms with Crippen LogP contribution in [0.1, 0.15) is 65.7 Å². The minimum absolute atomic E-state index is 0.763. The molecule has 0 aromatic rings. The van der Waals surface area contributed by atoms with E-state index in [0.29, 0.717) is 0 Å². The van der Waals surface area contributed by atoms with Crippen LogP contribution in [0.4, 0.5) is 0 Å². The van der Waals surface area contributed by atoms with Gasteiger partial charge in [-0.1, -0.05) is 57.1 Å². The zero-order valence-corrected chi connectivity index (χ0v) is 12.0. The predicted molar refractivity (Wildman–Crippen MR) is 80.3 cm³/mol. The van der Waals surface area contributed by atoms with Crippen molar-refractivity contribution in [3.8, 4) is 0 Å². The molecule has 0 radical (unpaired) electrons. The van der Waals surface area contributed by atoms with Gasteiger partial charge in [0.25, 0.3) is 0 Å². The molecule has 0 heteroatoms. The molecule has 0 aromatic carbocycles. The molecular formula is C17H30. The molecule has 98 valence electrons. The quantitative estimate of drug-likeness (QED) is 0.245. The van der Waals surface area contributed by atoms with Crippen LogP contribution in [0.5, 0.6) is 0 Å². The van der Waals surface area contributed by atoms with E-state index in [-0.39, 0.29) is 0 Å². The number of unbranched alkanes of at least 4 members (excludes halogenated alkanes) is 3. The summed E-state index contributed by atoms with van der Waals surface area (Å²) in [6.45, 7) is 10.5. The van der Waals surface area contributed by atoms with Gasteiger partial charge in [-0.3, -0.25) is 0 Å². The molecule has 0 amide bonds. The molecule has 0 spiro atoms. The first kappa shape index (κ1) is 16.2. The van der Waals surface area contributed by atoms with Gasteiger partial charge in [-0.05, 0) is 44.4 Å². The van der Waals surface area contributed by atoms with Gasteiger partial charge in [0.15, 0.2) is 0 Å². The number of hydrogen-bond donors (Lipinski definition) is 0. The van der Waals surface area contributed by atoms with Gasteiger partial charge in [-0.15, -0.1) is 6.58 Å². The van der Waals surface area contributed by atoms with Gasteiger partial charge in [-0.2, -0.15) is 0 Å². The Morgan fingerprint density at radius 2 is 1.94 bits per heavy atom. The maximum absolute atomic E-state index is 3.77. The molecular weight excluding hydrogens is 204 g/mol. The zero-order chi connectivity index (χ0) is 12.9. The molecule has 0 nitrogen and oxygen atoms in total. The highest BCUT2D eigenvalue weighted by Gasteiger charge is 1.94. The van der Waals surface area contributed by atoms with Crippen LogP contribution in [0.2, 0.25) is 0 Å². The van der Waals surface area contributed by atoms with Crippen molar-refractivity contribution in [3.63, 3.8) is 0 Å². The van der Waals surface area contributed by atoms with Crippen molar-refractivity contribution in [1.29, 1.82) is 0 Å². The first-order valence-electron chi connectivity index (χ1n) is 7.17. The van der Waals surface area contributed by atoms with Crippen molar-refractivity contribution in [2.24, 2.45) is 5.92 Å². The summed E-state index contributed by atoms with van der Waals surface area (Å²) in [5, 5.41) is 0. The van der Waals surface area contributed by atoms with Crippen LogP contribution in [0.25, 0.3) is 0 Å². The van der Waals surface area contributed by atoms with Crippen molar-refractivity contribution in [2.45, 2.75) is 65.7 Å². The van der Waals surface area contributed by atoms with Crippen molar-refractivity contribution in [2.75, 3.05) is 0 Å². The smallest absolute Gasteiger partial charge is 0.0282 e. The highest BCUT2D eigenvalue weighted by molar-refractivity contribution is 5.18. The standard InChI is InChI=1S/C17H30/c1-5-7-9-10-14-17(13-8-6-2)15-11-12-16(3)4/h5,11,13,15-16H,1,6-10,12,14H2,2-4H3. The van der Waals surface area contributed by atoms with E-state index in [1.807, 2.05) is 6.08 Å². The molecule has 0 fully saturated rings. The van der Waals surface area contributed by atoms with Crippen LogP contribution in [0, 0.1) is 5.92 Å². The van der Waals surface area contributed by atoms with Gasteiger partial charge in [0, 0.05) is 0 Å². The fraction of sp³-hybridized carbons (Fsp3) is 0.647. The fourth-order valence-corrected chi connectivity index (χ4v) is 1.69. The molecule has 0 aliphatic carbocycles. The van der Waals surface area contributed by atoms with Gasteiger partial charge in [0.2, 0.25) is 0 Å². The van der Waals surface area contributed by atoms with Crippen LogP contribution in [-0.4, -0.2) is 0 Å². The summed E-state index contributed by atoms with van der Waals surface area (Å²) >= 11 is 0. The first-order valence-corrected chi connectivity index (χ1v) is 7.17. The van der Waals surface area contributed by atoms with E-state index in [9.17, 15) is 0 Å². The molecule has 0 aromatic heterocycles. The van der Waals surface area contributed by atoms with E-state index in [2.05, 4.69) is 45.6 Å². The Balaban J connectivity index is 4.04. The van der Waals surface area contributed by atoms with E-state index in [0.717, 1.165) is 12.3 Å². The molecule has 17 heavy (non-hydrogen) atoms. The Labute approximate surface area is 109 Å². The number of allylic oxidation sites excluding steroid dienone is 5. The summed E-state index contributed by atoms with van der Waals surface area (Å²) < 4.78 is 0. The Morgan fingerprint density at radius 3 is 2.53 bits per heavy atom. The molecule has 0 N–H and O–H groups in total. The van der Waals surface area contributed by atoms with Crippen LogP contribution in [0.15, 0.2) is 36.5 Å². The molecule has 0 rings (SSSR count). The van der Waals surface area contributed by atoms with Crippen LogP contribution < -0.4 is 0 Å². The topological polar surface area (TPSA) is 0 Å². The molecule has 0 atom stereocenters. The average molecular weight is 234 g/mol. The fourth-order valence-electron chi connectivity index (χ4n) is 1.69. The molecule has 0 saturated carbocycles. The Bertz CT molecular complexity index is 230. The lowest BCUT2D eigenvalue weighted by Crippen LogP contribution is -1.85. The Morgan fingerprint density at radius 1 is 1.18 bits per heavy atom. The third-order valence-corrected chi connectivity index (χ3v) is 2.76. The van der Waals surface area contributed by atoms with E-state index in [1.54, 1.807) is 0 Å². The third kappa shape index (κ3) is 11.5. The summed E-state index contributed by atoms with van der Waals surface area (Å²) in [7, 11) is 0. The summed E-state index contributed by atoms with van der Waals surface area (Å²) in [6.07, 6.45) is 17.7. The van der Waals surface area contributed by atoms with Gasteiger partial charge in [0.05, 0.1) is 0 Å². The molecule has 0 saturated heterocycles. The van der Waals surface area contributed by atoms with Crippen molar-refractivity contribution < 1.29 is 0 Å². The molecule has 0 aliphatic heterocycles. The van der Waals surface area contributed by atoms with Gasteiger partial charge >= 0.3 is 0 Å². The summed E-state index contributed by atoms with van der Waals surface area (Å²) in [4.78, 5) is 0. The molecule has 0 unspecified atom stereocenters. The van der Waals surface area contributed by atoms with Gasteiger partial charge < -0.3 is 0 Å².